The fourth-order valence-corrected chi connectivity index (χ4v) is 4.42. The molecule has 3 fully saturated rings. The number of methoxy groups -OCH3 is 1. The van der Waals surface area contributed by atoms with Crippen molar-refractivity contribution in [2.24, 2.45) is 11.3 Å². The summed E-state index contributed by atoms with van der Waals surface area (Å²) in [5, 5.41) is 0. The van der Waals surface area contributed by atoms with Gasteiger partial charge in [0.05, 0.1) is 12.2 Å². The van der Waals surface area contributed by atoms with Gasteiger partial charge in [-0.05, 0) is 31.1 Å². The molecule has 2 saturated carbocycles. The molecular weight excluding hydrogens is 216 g/mol. The lowest BCUT2D eigenvalue weighted by Crippen LogP contribution is -2.32. The maximum atomic E-state index is 11.0. The van der Waals surface area contributed by atoms with Crippen molar-refractivity contribution in [2.75, 3.05) is 7.11 Å². The smallest absolute Gasteiger partial charge is 0.151 e. The summed E-state index contributed by atoms with van der Waals surface area (Å²) in [6.07, 6.45) is 10.1. The van der Waals surface area contributed by atoms with Crippen molar-refractivity contribution in [3.63, 3.8) is 0 Å². The highest BCUT2D eigenvalue weighted by molar-refractivity contribution is 5.58. The Bertz CT molecular complexity index is 296. The van der Waals surface area contributed by atoms with Crippen molar-refractivity contribution in [1.29, 1.82) is 0 Å². The molecule has 3 rings (SSSR count). The van der Waals surface area contributed by atoms with Gasteiger partial charge in [0.2, 0.25) is 0 Å². The summed E-state index contributed by atoms with van der Waals surface area (Å²) in [5.41, 5.74) is 0.512. The highest BCUT2D eigenvalue weighted by Gasteiger charge is 2.55. The maximum Gasteiger partial charge on any atom is 0.151 e. The first-order valence-corrected chi connectivity index (χ1v) is 6.92. The first-order chi connectivity index (χ1) is 8.28. The Labute approximate surface area is 103 Å². The quantitative estimate of drug-likeness (QED) is 0.693. The summed E-state index contributed by atoms with van der Waals surface area (Å²) in [7, 11) is 1.71. The lowest BCUT2D eigenvalue weighted by Gasteiger charge is -2.35. The van der Waals surface area contributed by atoms with E-state index in [9.17, 15) is 4.79 Å². The third-order valence-corrected chi connectivity index (χ3v) is 5.18. The van der Waals surface area contributed by atoms with Gasteiger partial charge < -0.3 is 14.3 Å². The van der Waals surface area contributed by atoms with E-state index in [-0.39, 0.29) is 18.3 Å². The van der Waals surface area contributed by atoms with Crippen LogP contribution >= 0.6 is 0 Å². The molecule has 0 radical (unpaired) electrons. The highest BCUT2D eigenvalue weighted by Crippen LogP contribution is 2.55. The van der Waals surface area contributed by atoms with Gasteiger partial charge in [0.15, 0.2) is 6.29 Å². The van der Waals surface area contributed by atoms with Crippen molar-refractivity contribution in [3.8, 4) is 0 Å². The van der Waals surface area contributed by atoms with Crippen LogP contribution in [0, 0.1) is 11.3 Å². The Morgan fingerprint density at radius 2 is 2.00 bits per heavy atom. The Morgan fingerprint density at radius 3 is 2.65 bits per heavy atom. The normalized spacial score (nSPS) is 43.8. The molecule has 1 aliphatic heterocycles. The molecule has 17 heavy (non-hydrogen) atoms. The standard InChI is InChI=1S/C14H22O3/c1-16-13-10-7-14(5-3-2-4-6-14)8-11(10)17-12(13)9-15/h9-13H,2-8H2,1H3/t10-,11+,12?,13?/m0/s1. The van der Waals surface area contributed by atoms with E-state index in [0.717, 1.165) is 12.7 Å². The molecule has 1 saturated heterocycles. The van der Waals surface area contributed by atoms with Crippen molar-refractivity contribution in [2.45, 2.75) is 63.3 Å². The third kappa shape index (κ3) is 1.84. The van der Waals surface area contributed by atoms with Gasteiger partial charge in [0, 0.05) is 13.0 Å². The van der Waals surface area contributed by atoms with E-state index >= 15 is 0 Å². The van der Waals surface area contributed by atoms with Gasteiger partial charge in [-0.3, -0.25) is 0 Å². The van der Waals surface area contributed by atoms with Crippen LogP contribution in [0.4, 0.5) is 0 Å². The van der Waals surface area contributed by atoms with Crippen LogP contribution in [0.15, 0.2) is 0 Å². The molecule has 0 aromatic rings. The molecule has 0 aromatic heterocycles. The van der Waals surface area contributed by atoms with Crippen molar-refractivity contribution in [1.82, 2.24) is 0 Å². The van der Waals surface area contributed by atoms with Crippen LogP contribution < -0.4 is 0 Å². The summed E-state index contributed by atoms with van der Waals surface area (Å²) in [6, 6.07) is 0. The fourth-order valence-electron chi connectivity index (χ4n) is 4.42. The Kier molecular flexibility index (Phi) is 2.99. The van der Waals surface area contributed by atoms with E-state index < -0.39 is 0 Å². The molecule has 4 atom stereocenters. The van der Waals surface area contributed by atoms with Gasteiger partial charge in [-0.25, -0.2) is 0 Å². The summed E-state index contributed by atoms with van der Waals surface area (Å²) < 4.78 is 11.4. The van der Waals surface area contributed by atoms with Crippen molar-refractivity contribution >= 4 is 6.29 Å². The lowest BCUT2D eigenvalue weighted by atomic mass is 9.72. The molecule has 96 valence electrons. The van der Waals surface area contributed by atoms with Gasteiger partial charge in [-0.1, -0.05) is 19.3 Å². The predicted octanol–water partition coefficient (Wildman–Crippen LogP) is 2.33. The van der Waals surface area contributed by atoms with Crippen LogP contribution in [0.25, 0.3) is 0 Å². The first-order valence-electron chi connectivity index (χ1n) is 6.92. The fraction of sp³-hybridized carbons (Fsp3) is 0.929. The van der Waals surface area contributed by atoms with E-state index in [0.29, 0.717) is 11.3 Å². The Hall–Kier alpha value is -0.410. The minimum Gasteiger partial charge on any atom is -0.378 e. The second-order valence-electron chi connectivity index (χ2n) is 6.11. The average molecular weight is 238 g/mol. The summed E-state index contributed by atoms with van der Waals surface area (Å²) in [4.78, 5) is 11.0. The van der Waals surface area contributed by atoms with E-state index in [4.69, 9.17) is 9.47 Å². The van der Waals surface area contributed by atoms with E-state index in [1.807, 2.05) is 0 Å². The largest absolute Gasteiger partial charge is 0.378 e. The number of carbonyl (C=O) groups excluding carboxylic acids is 1. The second-order valence-corrected chi connectivity index (χ2v) is 6.11. The predicted molar refractivity (Wildman–Crippen MR) is 63.8 cm³/mol. The number of carbonyl (C=O) groups is 1. The van der Waals surface area contributed by atoms with Crippen molar-refractivity contribution < 1.29 is 14.3 Å². The Morgan fingerprint density at radius 1 is 1.24 bits per heavy atom. The van der Waals surface area contributed by atoms with E-state index in [1.54, 1.807) is 7.11 Å². The molecule has 1 heterocycles. The van der Waals surface area contributed by atoms with Gasteiger partial charge in [0.1, 0.15) is 6.10 Å². The molecule has 2 unspecified atom stereocenters. The maximum absolute atomic E-state index is 11.0. The molecule has 0 aromatic carbocycles. The minimum absolute atomic E-state index is 0.00111. The third-order valence-electron chi connectivity index (χ3n) is 5.18. The molecule has 0 bridgehead atoms. The van der Waals surface area contributed by atoms with Gasteiger partial charge in [-0.2, -0.15) is 0 Å². The van der Waals surface area contributed by atoms with Crippen LogP contribution in [-0.4, -0.2) is 31.7 Å². The van der Waals surface area contributed by atoms with Crippen LogP contribution in [0.1, 0.15) is 44.9 Å². The number of hydrogen-bond acceptors (Lipinski definition) is 3. The SMILES string of the molecule is COC1C(C=O)O[C@@H]2CC3(CCCCC3)C[C@H]12. The molecule has 2 aliphatic carbocycles. The highest BCUT2D eigenvalue weighted by atomic mass is 16.6. The van der Waals surface area contributed by atoms with E-state index in [2.05, 4.69) is 0 Å². The second kappa shape index (κ2) is 4.36. The topological polar surface area (TPSA) is 35.5 Å². The number of rotatable bonds is 2. The zero-order chi connectivity index (χ0) is 11.9. The van der Waals surface area contributed by atoms with Crippen LogP contribution in [0.2, 0.25) is 0 Å². The van der Waals surface area contributed by atoms with Crippen LogP contribution in [-0.2, 0) is 14.3 Å². The van der Waals surface area contributed by atoms with E-state index in [1.165, 1.54) is 38.5 Å². The average Bonchev–Trinajstić information content (AvgIpc) is 2.83. The summed E-state index contributed by atoms with van der Waals surface area (Å²) in [5.74, 6) is 0.452. The molecule has 1 spiro atoms. The summed E-state index contributed by atoms with van der Waals surface area (Å²) >= 11 is 0. The van der Waals surface area contributed by atoms with Crippen LogP contribution in [0.5, 0.6) is 0 Å². The number of fused-ring (bicyclic) bond motifs is 1. The zero-order valence-electron chi connectivity index (χ0n) is 10.6. The number of ether oxygens (including phenoxy) is 2. The number of hydrogen-bond donors (Lipinski definition) is 0. The molecule has 3 nitrogen and oxygen atoms in total. The van der Waals surface area contributed by atoms with Crippen molar-refractivity contribution in [3.05, 3.63) is 0 Å². The summed E-state index contributed by atoms with van der Waals surface area (Å²) in [6.45, 7) is 0. The molecular formula is C14H22O3. The molecule has 3 aliphatic rings. The van der Waals surface area contributed by atoms with Gasteiger partial charge in [0.25, 0.3) is 0 Å². The van der Waals surface area contributed by atoms with Crippen LogP contribution in [0.3, 0.4) is 0 Å². The minimum atomic E-state index is -0.323. The first kappa shape index (κ1) is 11.7. The molecule has 0 N–H and O–H groups in total. The van der Waals surface area contributed by atoms with Gasteiger partial charge >= 0.3 is 0 Å². The monoisotopic (exact) mass is 238 g/mol. The Balaban J connectivity index is 1.74. The number of aldehydes is 1. The molecule has 0 amide bonds. The molecule has 3 heteroatoms. The lowest BCUT2D eigenvalue weighted by molar-refractivity contribution is -0.122. The zero-order valence-corrected chi connectivity index (χ0v) is 10.6. The van der Waals surface area contributed by atoms with Gasteiger partial charge in [-0.15, -0.1) is 0 Å².